The molecule has 0 saturated heterocycles. The lowest BCUT2D eigenvalue weighted by atomic mass is 10.1. The molecule has 0 aliphatic heterocycles. The summed E-state index contributed by atoms with van der Waals surface area (Å²) in [6, 6.07) is 18.7. The Bertz CT molecular complexity index is 1350. The zero-order valence-electron chi connectivity index (χ0n) is 17.5. The van der Waals surface area contributed by atoms with E-state index in [-0.39, 0.29) is 22.5 Å². The fourth-order valence-corrected chi connectivity index (χ4v) is 3.79. The lowest BCUT2D eigenvalue weighted by molar-refractivity contribution is -0.387. The highest BCUT2D eigenvalue weighted by atomic mass is 19.4. The molecule has 0 fully saturated rings. The van der Waals surface area contributed by atoms with Gasteiger partial charge in [-0.1, -0.05) is 60.7 Å². The van der Waals surface area contributed by atoms with Crippen LogP contribution in [0.1, 0.15) is 5.56 Å². The summed E-state index contributed by atoms with van der Waals surface area (Å²) in [5, 5.41) is 12.0. The first-order chi connectivity index (χ1) is 16.5. The summed E-state index contributed by atoms with van der Waals surface area (Å²) in [4.78, 5) is 10.9. The molecule has 1 aromatic heterocycles. The number of ether oxygens (including phenoxy) is 1. The molecule has 1 heterocycles. The van der Waals surface area contributed by atoms with E-state index in [1.165, 1.54) is 48.5 Å². The minimum Gasteiger partial charge on any atom is -0.406 e. The lowest BCUT2D eigenvalue weighted by Gasteiger charge is -2.16. The third-order valence-corrected chi connectivity index (χ3v) is 5.03. The normalized spacial score (nSPS) is 11.9. The van der Waals surface area contributed by atoms with Crippen LogP contribution in [0.25, 0.3) is 28.2 Å². The zero-order valence-corrected chi connectivity index (χ0v) is 17.5. The Morgan fingerprint density at radius 3 is 1.63 bits per heavy atom. The number of aromatic nitrogens is 1. The maximum atomic E-state index is 14.4. The molecule has 4 rings (SSSR count). The van der Waals surface area contributed by atoms with Crippen molar-refractivity contribution in [1.82, 2.24) is 4.57 Å². The Hall–Kier alpha value is -4.28. The second-order valence-corrected chi connectivity index (χ2v) is 7.28. The van der Waals surface area contributed by atoms with Gasteiger partial charge in [-0.25, -0.2) is 0 Å². The van der Waals surface area contributed by atoms with Crippen molar-refractivity contribution in [2.75, 3.05) is 0 Å². The summed E-state index contributed by atoms with van der Waals surface area (Å²) in [5.41, 5.74) is -3.42. The van der Waals surface area contributed by atoms with E-state index >= 15 is 0 Å². The van der Waals surface area contributed by atoms with Crippen molar-refractivity contribution in [3.05, 3.63) is 101 Å². The summed E-state index contributed by atoms with van der Waals surface area (Å²) in [5.74, 6) is -0.596. The van der Waals surface area contributed by atoms with Crippen molar-refractivity contribution in [1.29, 1.82) is 0 Å². The summed E-state index contributed by atoms with van der Waals surface area (Å²) in [6.07, 6.45) is -10.1. The number of alkyl halides is 6. The number of nitro groups is 1. The molecule has 180 valence electrons. The van der Waals surface area contributed by atoms with E-state index in [0.717, 1.165) is 28.8 Å². The van der Waals surface area contributed by atoms with Crippen LogP contribution in [0.5, 0.6) is 5.75 Å². The number of rotatable bonds is 5. The maximum absolute atomic E-state index is 14.4. The minimum absolute atomic E-state index is 0.0284. The molecular weight excluding hydrogens is 478 g/mol. The van der Waals surface area contributed by atoms with Crippen LogP contribution in [0.15, 0.2) is 84.9 Å². The van der Waals surface area contributed by atoms with Gasteiger partial charge in [-0.05, 0) is 29.8 Å². The van der Waals surface area contributed by atoms with E-state index in [1.807, 2.05) is 0 Å². The predicted octanol–water partition coefficient (Wildman–Crippen LogP) is 7.64. The Balaban J connectivity index is 2.12. The van der Waals surface area contributed by atoms with Crippen molar-refractivity contribution in [2.24, 2.45) is 0 Å². The molecule has 4 aromatic rings. The molecule has 11 heteroatoms. The summed E-state index contributed by atoms with van der Waals surface area (Å²) < 4.78 is 85.7. The molecule has 0 saturated carbocycles. The Kier molecular flexibility index (Phi) is 6.01. The molecule has 0 radical (unpaired) electrons. The van der Waals surface area contributed by atoms with Crippen molar-refractivity contribution in [3.8, 4) is 34.0 Å². The van der Waals surface area contributed by atoms with Crippen LogP contribution in [0, 0.1) is 10.1 Å². The molecular formula is C24H14F6N2O3. The molecule has 0 unspecified atom stereocenters. The fraction of sp³-hybridized carbons (Fsp3) is 0.0833. The monoisotopic (exact) mass is 492 g/mol. The van der Waals surface area contributed by atoms with Crippen molar-refractivity contribution in [2.45, 2.75) is 12.5 Å². The average molecular weight is 492 g/mol. The van der Waals surface area contributed by atoms with Gasteiger partial charge in [0, 0.05) is 11.3 Å². The van der Waals surface area contributed by atoms with Crippen LogP contribution in [0.4, 0.5) is 32.0 Å². The maximum Gasteiger partial charge on any atom is 0.573 e. The predicted molar refractivity (Wildman–Crippen MR) is 115 cm³/mol. The fourth-order valence-electron chi connectivity index (χ4n) is 3.79. The van der Waals surface area contributed by atoms with E-state index in [4.69, 9.17) is 0 Å². The van der Waals surface area contributed by atoms with Crippen LogP contribution in [0.2, 0.25) is 0 Å². The smallest absolute Gasteiger partial charge is 0.406 e. The largest absolute Gasteiger partial charge is 0.573 e. The quantitative estimate of drug-likeness (QED) is 0.163. The first-order valence-corrected chi connectivity index (χ1v) is 9.94. The third-order valence-electron chi connectivity index (χ3n) is 5.03. The second-order valence-electron chi connectivity index (χ2n) is 7.28. The number of hydrogen-bond donors (Lipinski definition) is 0. The third kappa shape index (κ3) is 4.84. The van der Waals surface area contributed by atoms with Crippen LogP contribution in [-0.4, -0.2) is 15.9 Å². The van der Waals surface area contributed by atoms with Crippen molar-refractivity contribution in [3.63, 3.8) is 0 Å². The van der Waals surface area contributed by atoms with Gasteiger partial charge in [-0.2, -0.15) is 13.2 Å². The molecule has 0 bridgehead atoms. The Morgan fingerprint density at radius 2 is 1.20 bits per heavy atom. The highest BCUT2D eigenvalue weighted by molar-refractivity contribution is 5.85. The SMILES string of the molecule is O=[N+]([O-])c1c(C(F)(F)F)c(-c2ccccc2)n(-c2ccc(OC(F)(F)F)cc2)c1-c1ccccc1. The number of benzene rings is 3. The number of nitrogens with zero attached hydrogens (tertiary/aromatic N) is 2. The molecule has 5 nitrogen and oxygen atoms in total. The van der Waals surface area contributed by atoms with Gasteiger partial charge in [0.25, 0.3) is 0 Å². The number of halogens is 6. The summed E-state index contributed by atoms with van der Waals surface area (Å²) >= 11 is 0. The van der Waals surface area contributed by atoms with Crippen LogP contribution in [0.3, 0.4) is 0 Å². The molecule has 0 amide bonds. The molecule has 35 heavy (non-hydrogen) atoms. The van der Waals surface area contributed by atoms with Gasteiger partial charge in [0.2, 0.25) is 0 Å². The van der Waals surface area contributed by atoms with Gasteiger partial charge in [-0.3, -0.25) is 10.1 Å². The molecule has 0 aliphatic carbocycles. The van der Waals surface area contributed by atoms with E-state index in [0.29, 0.717) is 0 Å². The topological polar surface area (TPSA) is 57.3 Å². The van der Waals surface area contributed by atoms with Crippen LogP contribution in [-0.2, 0) is 6.18 Å². The van der Waals surface area contributed by atoms with Gasteiger partial charge >= 0.3 is 18.2 Å². The average Bonchev–Trinajstić information content (AvgIpc) is 3.17. The van der Waals surface area contributed by atoms with Crippen LogP contribution < -0.4 is 4.74 Å². The van der Waals surface area contributed by atoms with E-state index in [2.05, 4.69) is 4.74 Å². The summed E-state index contributed by atoms with van der Waals surface area (Å²) in [7, 11) is 0. The van der Waals surface area contributed by atoms with Gasteiger partial charge in [0.1, 0.15) is 11.4 Å². The highest BCUT2D eigenvalue weighted by Crippen LogP contribution is 2.50. The number of hydrogen-bond acceptors (Lipinski definition) is 3. The Morgan fingerprint density at radius 1 is 0.714 bits per heavy atom. The lowest BCUT2D eigenvalue weighted by Crippen LogP contribution is -2.17. The van der Waals surface area contributed by atoms with E-state index < -0.39 is 40.2 Å². The second kappa shape index (κ2) is 8.82. The van der Waals surface area contributed by atoms with Gasteiger partial charge in [0.15, 0.2) is 5.56 Å². The zero-order chi connectivity index (χ0) is 25.4. The van der Waals surface area contributed by atoms with Crippen molar-refractivity contribution >= 4 is 5.69 Å². The van der Waals surface area contributed by atoms with E-state index in [1.54, 1.807) is 12.1 Å². The molecule has 0 atom stereocenters. The summed E-state index contributed by atoms with van der Waals surface area (Å²) in [6.45, 7) is 0. The van der Waals surface area contributed by atoms with Gasteiger partial charge in [-0.15, -0.1) is 13.2 Å². The van der Waals surface area contributed by atoms with Gasteiger partial charge < -0.3 is 9.30 Å². The molecule has 0 N–H and O–H groups in total. The standard InChI is InChI=1S/C24H14F6N2O3/c25-23(26,27)19-20(15-7-3-1-4-8-15)31(17-11-13-18(14-12-17)35-24(28,29)30)21(22(19)32(33)34)16-9-5-2-6-10-16/h1-14H. The van der Waals surface area contributed by atoms with Crippen LogP contribution >= 0.6 is 0 Å². The Labute approximate surface area is 194 Å². The first kappa shape index (κ1) is 23.9. The minimum atomic E-state index is -5.12. The molecule has 0 spiro atoms. The first-order valence-electron chi connectivity index (χ1n) is 9.94. The van der Waals surface area contributed by atoms with E-state index in [9.17, 15) is 36.5 Å². The molecule has 3 aromatic carbocycles. The van der Waals surface area contributed by atoms with Gasteiger partial charge in [0.05, 0.1) is 10.6 Å². The van der Waals surface area contributed by atoms with Crippen molar-refractivity contribution < 1.29 is 36.0 Å². The highest BCUT2D eigenvalue weighted by Gasteiger charge is 2.47. The molecule has 0 aliphatic rings.